The number of amides is 2. The van der Waals surface area contributed by atoms with E-state index in [1.165, 1.54) is 23.0 Å². The molecule has 34 heavy (non-hydrogen) atoms. The second-order valence-corrected chi connectivity index (χ2v) is 8.13. The van der Waals surface area contributed by atoms with Gasteiger partial charge in [-0.05, 0) is 38.7 Å². The number of hydrogen-bond donors (Lipinski definition) is 5. The smallest absolute Gasteiger partial charge is 0.276 e. The molecule has 3 aromatic rings. The number of fused-ring (bicyclic) bond motifs is 1. The van der Waals surface area contributed by atoms with Gasteiger partial charge in [-0.2, -0.15) is 0 Å². The third-order valence-electron chi connectivity index (χ3n) is 5.72. The Kier molecular flexibility index (Phi) is 7.16. The molecule has 2 amide bonds. The number of nitrogens with one attached hydrogen (secondary N) is 4. The van der Waals surface area contributed by atoms with Gasteiger partial charge in [-0.15, -0.1) is 5.10 Å². The minimum Gasteiger partial charge on any atom is -0.382 e. The third kappa shape index (κ3) is 5.22. The molecule has 0 bridgehead atoms. The molecule has 12 heteroatoms. The molecule has 1 aliphatic rings. The fourth-order valence-electron chi connectivity index (χ4n) is 4.06. The average molecular weight is 470 g/mol. The standard InChI is InChI=1S/C22H28FN9O2/c1-2-26-17-9-19(28-13-3-5-14(6-4-13)29-20(33)10-24)31-32-18(12-27-21(17)32)22(34)30-16-7-8-25-11-15(16)23/h7-9,11-14,26H,2-6,10,24H2,1H3,(H,28,31)(H,29,33)(H,25,30,34)/t13-,14-. The van der Waals surface area contributed by atoms with Gasteiger partial charge in [-0.1, -0.05) is 0 Å². The van der Waals surface area contributed by atoms with Crippen molar-refractivity contribution in [3.05, 3.63) is 42.2 Å². The van der Waals surface area contributed by atoms with E-state index in [9.17, 15) is 14.0 Å². The highest BCUT2D eigenvalue weighted by Gasteiger charge is 2.23. The maximum Gasteiger partial charge on any atom is 0.276 e. The summed E-state index contributed by atoms with van der Waals surface area (Å²) >= 11 is 0. The quantitative estimate of drug-likeness (QED) is 0.335. The van der Waals surface area contributed by atoms with Gasteiger partial charge in [0.05, 0.1) is 30.3 Å². The van der Waals surface area contributed by atoms with E-state index in [4.69, 9.17) is 5.73 Å². The molecule has 180 valence electrons. The van der Waals surface area contributed by atoms with Crippen molar-refractivity contribution >= 4 is 34.7 Å². The Morgan fingerprint density at radius 3 is 2.65 bits per heavy atom. The van der Waals surface area contributed by atoms with Crippen molar-refractivity contribution in [2.75, 3.05) is 29.0 Å². The Hall–Kier alpha value is -3.80. The van der Waals surface area contributed by atoms with Crippen LogP contribution in [0.1, 0.15) is 43.1 Å². The van der Waals surface area contributed by atoms with Gasteiger partial charge in [0.15, 0.2) is 17.2 Å². The van der Waals surface area contributed by atoms with Crippen molar-refractivity contribution in [3.8, 4) is 0 Å². The number of halogens is 1. The van der Waals surface area contributed by atoms with Gasteiger partial charge in [0, 0.05) is 30.9 Å². The normalized spacial score (nSPS) is 17.9. The fraction of sp³-hybridized carbons (Fsp3) is 0.409. The van der Waals surface area contributed by atoms with Crippen LogP contribution >= 0.6 is 0 Å². The summed E-state index contributed by atoms with van der Waals surface area (Å²) in [5.74, 6) is -0.733. The monoisotopic (exact) mass is 469 g/mol. The summed E-state index contributed by atoms with van der Waals surface area (Å²) in [7, 11) is 0. The maximum atomic E-state index is 13.9. The lowest BCUT2D eigenvalue weighted by molar-refractivity contribution is -0.120. The highest BCUT2D eigenvalue weighted by atomic mass is 19.1. The average Bonchev–Trinajstić information content (AvgIpc) is 3.26. The van der Waals surface area contributed by atoms with Gasteiger partial charge in [0.1, 0.15) is 5.82 Å². The van der Waals surface area contributed by atoms with E-state index in [0.717, 1.165) is 37.6 Å². The summed E-state index contributed by atoms with van der Waals surface area (Å²) in [6, 6.07) is 3.53. The number of imidazole rings is 1. The molecular weight excluding hydrogens is 441 g/mol. The molecule has 1 saturated carbocycles. The van der Waals surface area contributed by atoms with Crippen LogP contribution in [-0.4, -0.2) is 56.6 Å². The van der Waals surface area contributed by atoms with Gasteiger partial charge in [0.2, 0.25) is 5.91 Å². The first-order valence-electron chi connectivity index (χ1n) is 11.3. The molecule has 3 heterocycles. The van der Waals surface area contributed by atoms with Gasteiger partial charge in [0.25, 0.3) is 5.91 Å². The first kappa shape index (κ1) is 23.4. The molecule has 0 spiro atoms. The number of aromatic nitrogens is 4. The molecule has 11 nitrogen and oxygen atoms in total. The van der Waals surface area contributed by atoms with Crippen LogP contribution in [0.15, 0.2) is 30.7 Å². The minimum atomic E-state index is -0.633. The molecule has 0 aromatic carbocycles. The summed E-state index contributed by atoms with van der Waals surface area (Å²) in [6.45, 7) is 2.61. The van der Waals surface area contributed by atoms with Crippen LogP contribution in [0.25, 0.3) is 5.65 Å². The van der Waals surface area contributed by atoms with Crippen molar-refractivity contribution in [1.82, 2.24) is 24.9 Å². The highest BCUT2D eigenvalue weighted by Crippen LogP contribution is 2.25. The molecule has 0 unspecified atom stereocenters. The van der Waals surface area contributed by atoms with E-state index in [2.05, 4.69) is 36.3 Å². The number of nitrogens with zero attached hydrogens (tertiary/aromatic N) is 4. The Labute approximate surface area is 195 Å². The fourth-order valence-corrected chi connectivity index (χ4v) is 4.06. The van der Waals surface area contributed by atoms with E-state index in [1.807, 2.05) is 13.0 Å². The van der Waals surface area contributed by atoms with E-state index < -0.39 is 11.7 Å². The van der Waals surface area contributed by atoms with Crippen LogP contribution in [0, 0.1) is 5.82 Å². The molecule has 0 aliphatic heterocycles. The van der Waals surface area contributed by atoms with E-state index in [0.29, 0.717) is 18.0 Å². The second kappa shape index (κ2) is 10.4. The molecule has 3 aromatic heterocycles. The zero-order valence-electron chi connectivity index (χ0n) is 18.8. The summed E-state index contributed by atoms with van der Waals surface area (Å²) in [5, 5.41) is 16.8. The van der Waals surface area contributed by atoms with Crippen LogP contribution < -0.4 is 27.0 Å². The van der Waals surface area contributed by atoms with E-state index in [1.54, 1.807) is 0 Å². The summed E-state index contributed by atoms with van der Waals surface area (Å²) in [6.07, 6.45) is 7.21. The summed E-state index contributed by atoms with van der Waals surface area (Å²) < 4.78 is 15.4. The van der Waals surface area contributed by atoms with Crippen LogP contribution in [0.3, 0.4) is 0 Å². The molecule has 0 saturated heterocycles. The molecule has 1 aliphatic carbocycles. The third-order valence-corrected chi connectivity index (χ3v) is 5.72. The predicted molar refractivity (Wildman–Crippen MR) is 126 cm³/mol. The van der Waals surface area contributed by atoms with Crippen LogP contribution in [0.2, 0.25) is 0 Å². The summed E-state index contributed by atoms with van der Waals surface area (Å²) in [4.78, 5) is 32.5. The lowest BCUT2D eigenvalue weighted by Gasteiger charge is -2.30. The van der Waals surface area contributed by atoms with E-state index >= 15 is 0 Å². The molecule has 0 radical (unpaired) electrons. The number of nitrogens with two attached hydrogens (primary N) is 1. The predicted octanol–water partition coefficient (Wildman–Crippen LogP) is 1.75. The van der Waals surface area contributed by atoms with Crippen LogP contribution in [0.5, 0.6) is 0 Å². The zero-order valence-corrected chi connectivity index (χ0v) is 18.8. The summed E-state index contributed by atoms with van der Waals surface area (Å²) in [5.41, 5.74) is 6.78. The van der Waals surface area contributed by atoms with Crippen LogP contribution in [0.4, 0.5) is 21.6 Å². The number of hydrogen-bond acceptors (Lipinski definition) is 8. The van der Waals surface area contributed by atoms with E-state index in [-0.39, 0.29) is 35.9 Å². The molecule has 1 fully saturated rings. The number of pyridine rings is 1. The molecule has 4 rings (SSSR count). The first-order chi connectivity index (χ1) is 16.5. The van der Waals surface area contributed by atoms with Gasteiger partial charge in [-0.25, -0.2) is 13.9 Å². The molecule has 6 N–H and O–H groups in total. The maximum absolute atomic E-state index is 13.9. The number of rotatable bonds is 8. The van der Waals surface area contributed by atoms with Crippen molar-refractivity contribution in [2.24, 2.45) is 5.73 Å². The first-order valence-corrected chi connectivity index (χ1v) is 11.3. The minimum absolute atomic E-state index is 0.00998. The number of carbonyl (C=O) groups excluding carboxylic acids is 2. The van der Waals surface area contributed by atoms with Crippen LogP contribution in [-0.2, 0) is 4.79 Å². The van der Waals surface area contributed by atoms with Crippen molar-refractivity contribution in [2.45, 2.75) is 44.7 Å². The van der Waals surface area contributed by atoms with Crippen molar-refractivity contribution in [1.29, 1.82) is 0 Å². The largest absolute Gasteiger partial charge is 0.382 e. The second-order valence-electron chi connectivity index (χ2n) is 8.13. The SMILES string of the molecule is CCNc1cc(N[C@H]2CC[C@H](NC(=O)CN)CC2)nn2c(C(=O)Nc3ccncc3F)cnc12. The lowest BCUT2D eigenvalue weighted by atomic mass is 9.91. The van der Waals surface area contributed by atoms with Gasteiger partial charge >= 0.3 is 0 Å². The number of carbonyl (C=O) groups is 2. The van der Waals surface area contributed by atoms with Gasteiger partial charge in [-0.3, -0.25) is 14.6 Å². The van der Waals surface area contributed by atoms with Gasteiger partial charge < -0.3 is 27.0 Å². The molecule has 0 atom stereocenters. The number of anilines is 3. The Balaban J connectivity index is 1.53. The Morgan fingerprint density at radius 2 is 1.94 bits per heavy atom. The van der Waals surface area contributed by atoms with Crippen molar-refractivity contribution in [3.63, 3.8) is 0 Å². The topological polar surface area (TPSA) is 151 Å². The highest BCUT2D eigenvalue weighted by molar-refractivity contribution is 6.03. The lowest BCUT2D eigenvalue weighted by Crippen LogP contribution is -2.42. The Bertz CT molecular complexity index is 1170. The Morgan fingerprint density at radius 1 is 1.18 bits per heavy atom. The zero-order chi connectivity index (χ0) is 24.1. The van der Waals surface area contributed by atoms with Crippen molar-refractivity contribution < 1.29 is 14.0 Å². The molecular formula is C22H28FN9O2.